The number of aromatic nitrogens is 2. The monoisotopic (exact) mass is 284 g/mol. The van der Waals surface area contributed by atoms with Crippen molar-refractivity contribution in [3.63, 3.8) is 0 Å². The number of benzene rings is 1. The van der Waals surface area contributed by atoms with Crippen LogP contribution in [0.2, 0.25) is 0 Å². The smallest absolute Gasteiger partial charge is 0.371 e. The van der Waals surface area contributed by atoms with Crippen LogP contribution in [0.25, 0.3) is 11.0 Å². The van der Waals surface area contributed by atoms with Gasteiger partial charge in [-0.1, -0.05) is 19.1 Å². The minimum absolute atomic E-state index is 0.0357. The van der Waals surface area contributed by atoms with Crippen LogP contribution in [0.5, 0.6) is 0 Å². The zero-order valence-corrected chi connectivity index (χ0v) is 11.7. The minimum atomic E-state index is -1.05. The molecule has 0 aliphatic carbocycles. The van der Waals surface area contributed by atoms with E-state index in [1.807, 2.05) is 24.3 Å². The lowest BCUT2D eigenvalue weighted by molar-refractivity contribution is 0.0660. The topological polar surface area (TPSA) is 68.3 Å². The molecule has 0 aliphatic rings. The first-order valence-corrected chi connectivity index (χ1v) is 6.95. The van der Waals surface area contributed by atoms with E-state index in [4.69, 9.17) is 9.52 Å². The third-order valence-corrected chi connectivity index (χ3v) is 3.39. The summed E-state index contributed by atoms with van der Waals surface area (Å²) >= 11 is 0. The molecule has 1 aromatic carbocycles. The van der Waals surface area contributed by atoms with Crippen molar-refractivity contribution in [3.8, 4) is 0 Å². The molecule has 0 amide bonds. The van der Waals surface area contributed by atoms with Crippen molar-refractivity contribution in [2.75, 3.05) is 0 Å². The highest BCUT2D eigenvalue weighted by Gasteiger charge is 2.13. The Hall–Kier alpha value is -2.56. The van der Waals surface area contributed by atoms with Crippen molar-refractivity contribution >= 4 is 17.0 Å². The van der Waals surface area contributed by atoms with Crippen molar-refractivity contribution in [1.29, 1.82) is 0 Å². The lowest BCUT2D eigenvalue weighted by Gasteiger charge is -2.06. The van der Waals surface area contributed by atoms with Crippen LogP contribution in [0.15, 0.2) is 40.8 Å². The standard InChI is InChI=1S/C16H16N2O3/c1-2-5-15-17-12-6-3-4-7-13(12)18(15)10-11-8-9-14(21-11)16(19)20/h3-4,6-9H,2,5,10H2,1H3,(H,19,20). The van der Waals surface area contributed by atoms with Gasteiger partial charge in [-0.2, -0.15) is 0 Å². The predicted molar refractivity (Wildman–Crippen MR) is 78.5 cm³/mol. The molecule has 0 fully saturated rings. The molecule has 0 unspecified atom stereocenters. The first-order valence-electron chi connectivity index (χ1n) is 6.95. The lowest BCUT2D eigenvalue weighted by Crippen LogP contribution is -2.04. The van der Waals surface area contributed by atoms with Crippen LogP contribution in [0.4, 0.5) is 0 Å². The van der Waals surface area contributed by atoms with E-state index in [-0.39, 0.29) is 5.76 Å². The van der Waals surface area contributed by atoms with Gasteiger partial charge in [0.2, 0.25) is 5.76 Å². The third-order valence-electron chi connectivity index (χ3n) is 3.39. The van der Waals surface area contributed by atoms with Crippen LogP contribution >= 0.6 is 0 Å². The number of hydrogen-bond donors (Lipinski definition) is 1. The molecule has 2 heterocycles. The van der Waals surface area contributed by atoms with Gasteiger partial charge in [0, 0.05) is 6.42 Å². The Labute approximate surface area is 121 Å². The van der Waals surface area contributed by atoms with Gasteiger partial charge in [0.15, 0.2) is 0 Å². The van der Waals surface area contributed by atoms with Crippen LogP contribution in [-0.4, -0.2) is 20.6 Å². The second-order valence-electron chi connectivity index (χ2n) is 4.92. The highest BCUT2D eigenvalue weighted by molar-refractivity contribution is 5.84. The Kier molecular flexibility index (Phi) is 3.48. The van der Waals surface area contributed by atoms with Crippen molar-refractivity contribution in [1.82, 2.24) is 9.55 Å². The Morgan fingerprint density at radius 2 is 2.10 bits per heavy atom. The molecule has 0 saturated carbocycles. The molecule has 5 heteroatoms. The number of aromatic carboxylic acids is 1. The van der Waals surface area contributed by atoms with Gasteiger partial charge in [0.1, 0.15) is 11.6 Å². The Morgan fingerprint density at radius 3 is 2.81 bits per heavy atom. The van der Waals surface area contributed by atoms with E-state index in [2.05, 4.69) is 16.5 Å². The summed E-state index contributed by atoms with van der Waals surface area (Å²) in [5, 5.41) is 8.92. The van der Waals surface area contributed by atoms with Crippen LogP contribution in [0.3, 0.4) is 0 Å². The number of fused-ring (bicyclic) bond motifs is 1. The quantitative estimate of drug-likeness (QED) is 0.780. The molecule has 0 bridgehead atoms. The molecule has 3 rings (SSSR count). The Morgan fingerprint density at radius 1 is 1.29 bits per heavy atom. The SMILES string of the molecule is CCCc1nc2ccccc2n1Cc1ccc(C(=O)O)o1. The number of para-hydroxylation sites is 2. The summed E-state index contributed by atoms with van der Waals surface area (Å²) in [4.78, 5) is 15.5. The van der Waals surface area contributed by atoms with Gasteiger partial charge in [0.25, 0.3) is 0 Å². The Balaban J connectivity index is 2.01. The molecule has 0 saturated heterocycles. The first kappa shape index (κ1) is 13.4. The number of rotatable bonds is 5. The van der Waals surface area contributed by atoms with Crippen LogP contribution in [-0.2, 0) is 13.0 Å². The molecule has 0 atom stereocenters. The highest BCUT2D eigenvalue weighted by Crippen LogP contribution is 2.20. The minimum Gasteiger partial charge on any atom is -0.475 e. The fourth-order valence-electron chi connectivity index (χ4n) is 2.45. The fraction of sp³-hybridized carbons (Fsp3) is 0.250. The summed E-state index contributed by atoms with van der Waals surface area (Å²) in [5.41, 5.74) is 1.99. The number of nitrogens with zero attached hydrogens (tertiary/aromatic N) is 2. The first-order chi connectivity index (χ1) is 10.2. The fourth-order valence-corrected chi connectivity index (χ4v) is 2.45. The molecule has 0 spiro atoms. The maximum atomic E-state index is 10.9. The molecule has 108 valence electrons. The summed E-state index contributed by atoms with van der Waals surface area (Å²) in [6.45, 7) is 2.60. The molecular weight excluding hydrogens is 268 g/mol. The summed E-state index contributed by atoms with van der Waals surface area (Å²) in [6, 6.07) is 11.1. The van der Waals surface area contributed by atoms with E-state index in [1.54, 1.807) is 6.07 Å². The van der Waals surface area contributed by atoms with E-state index in [9.17, 15) is 4.79 Å². The van der Waals surface area contributed by atoms with E-state index < -0.39 is 5.97 Å². The van der Waals surface area contributed by atoms with Crippen molar-refractivity contribution in [3.05, 3.63) is 53.7 Å². The predicted octanol–water partition coefficient (Wildman–Crippen LogP) is 3.33. The maximum Gasteiger partial charge on any atom is 0.371 e. The summed E-state index contributed by atoms with van der Waals surface area (Å²) in [6.07, 6.45) is 1.88. The molecule has 2 aromatic heterocycles. The second kappa shape index (κ2) is 5.44. The average molecular weight is 284 g/mol. The van der Waals surface area contributed by atoms with E-state index >= 15 is 0 Å². The average Bonchev–Trinajstić information content (AvgIpc) is 3.06. The van der Waals surface area contributed by atoms with Gasteiger partial charge in [-0.25, -0.2) is 9.78 Å². The molecule has 1 N–H and O–H groups in total. The van der Waals surface area contributed by atoms with Crippen LogP contribution in [0, 0.1) is 0 Å². The molecule has 3 aromatic rings. The molecular formula is C16H16N2O3. The molecule has 21 heavy (non-hydrogen) atoms. The van der Waals surface area contributed by atoms with Gasteiger partial charge >= 0.3 is 5.97 Å². The number of carbonyl (C=O) groups is 1. The molecule has 0 aliphatic heterocycles. The van der Waals surface area contributed by atoms with E-state index in [0.717, 1.165) is 29.7 Å². The van der Waals surface area contributed by atoms with Crippen molar-refractivity contribution < 1.29 is 14.3 Å². The third kappa shape index (κ3) is 2.54. The number of carboxylic acids is 1. The number of furan rings is 1. The van der Waals surface area contributed by atoms with Gasteiger partial charge < -0.3 is 14.1 Å². The van der Waals surface area contributed by atoms with Gasteiger partial charge in [0.05, 0.1) is 17.6 Å². The van der Waals surface area contributed by atoms with Crippen molar-refractivity contribution in [2.45, 2.75) is 26.3 Å². The summed E-state index contributed by atoms with van der Waals surface area (Å²) < 4.78 is 7.44. The molecule has 0 radical (unpaired) electrons. The van der Waals surface area contributed by atoms with Crippen LogP contribution in [0.1, 0.15) is 35.5 Å². The number of aryl methyl sites for hydroxylation is 1. The normalized spacial score (nSPS) is 11.1. The Bertz CT molecular complexity index is 786. The largest absolute Gasteiger partial charge is 0.475 e. The van der Waals surface area contributed by atoms with Crippen LogP contribution < -0.4 is 0 Å². The van der Waals surface area contributed by atoms with Gasteiger partial charge in [-0.15, -0.1) is 0 Å². The molecule has 5 nitrogen and oxygen atoms in total. The summed E-state index contributed by atoms with van der Waals surface area (Å²) in [5.74, 6) is 0.525. The van der Waals surface area contributed by atoms with E-state index in [1.165, 1.54) is 6.07 Å². The number of imidazole rings is 1. The lowest BCUT2D eigenvalue weighted by atomic mass is 10.3. The number of hydrogen-bond acceptors (Lipinski definition) is 3. The van der Waals surface area contributed by atoms with E-state index in [0.29, 0.717) is 12.3 Å². The highest BCUT2D eigenvalue weighted by atomic mass is 16.4. The van der Waals surface area contributed by atoms with Gasteiger partial charge in [-0.05, 0) is 30.7 Å². The second-order valence-corrected chi connectivity index (χ2v) is 4.92. The number of carboxylic acid groups (broad SMARTS) is 1. The maximum absolute atomic E-state index is 10.9. The zero-order chi connectivity index (χ0) is 14.8. The van der Waals surface area contributed by atoms with Crippen molar-refractivity contribution in [2.24, 2.45) is 0 Å². The summed E-state index contributed by atoms with van der Waals surface area (Å²) in [7, 11) is 0. The van der Waals surface area contributed by atoms with Gasteiger partial charge in [-0.3, -0.25) is 0 Å². The zero-order valence-electron chi connectivity index (χ0n) is 11.7.